The van der Waals surface area contributed by atoms with E-state index in [2.05, 4.69) is 10.2 Å². The lowest BCUT2D eigenvalue weighted by Crippen LogP contribution is -2.45. The van der Waals surface area contributed by atoms with Gasteiger partial charge >= 0.3 is 0 Å². The van der Waals surface area contributed by atoms with Crippen molar-refractivity contribution in [3.05, 3.63) is 33.9 Å². The molecule has 2 fully saturated rings. The molecule has 0 aromatic heterocycles. The van der Waals surface area contributed by atoms with Crippen molar-refractivity contribution in [3.8, 4) is 5.75 Å². The van der Waals surface area contributed by atoms with Gasteiger partial charge in [-0.2, -0.15) is 0 Å². The van der Waals surface area contributed by atoms with E-state index in [1.807, 2.05) is 0 Å². The van der Waals surface area contributed by atoms with Crippen molar-refractivity contribution < 1.29 is 14.5 Å². The van der Waals surface area contributed by atoms with Crippen LogP contribution in [0.2, 0.25) is 0 Å². The summed E-state index contributed by atoms with van der Waals surface area (Å²) in [6.07, 6.45) is 4.42. The highest BCUT2D eigenvalue weighted by Gasteiger charge is 2.32. The lowest BCUT2D eigenvalue weighted by atomic mass is 10.0. The van der Waals surface area contributed by atoms with Crippen molar-refractivity contribution in [2.75, 3.05) is 20.2 Å². The van der Waals surface area contributed by atoms with Crippen molar-refractivity contribution in [1.29, 1.82) is 0 Å². The van der Waals surface area contributed by atoms with Crippen LogP contribution < -0.4 is 10.1 Å². The smallest absolute Gasteiger partial charge is 0.270 e. The van der Waals surface area contributed by atoms with Gasteiger partial charge in [-0.05, 0) is 31.7 Å². The average Bonchev–Trinajstić information content (AvgIpc) is 3.39. The lowest BCUT2D eigenvalue weighted by molar-refractivity contribution is -0.384. The van der Waals surface area contributed by atoms with Crippen molar-refractivity contribution in [2.45, 2.75) is 37.8 Å². The van der Waals surface area contributed by atoms with E-state index in [1.165, 1.54) is 38.2 Å². The van der Waals surface area contributed by atoms with Crippen LogP contribution in [0.15, 0.2) is 18.2 Å². The fourth-order valence-corrected chi connectivity index (χ4v) is 3.10. The number of nitro benzene ring substituents is 1. The number of methoxy groups -OCH3 is 1. The third kappa shape index (κ3) is 3.61. The van der Waals surface area contributed by atoms with E-state index in [1.54, 1.807) is 0 Å². The SMILES string of the molecule is COc1ccc([N+](=O)[O-])cc1C(=O)NC1CCN(C2CC2)CC1. The first-order valence-electron chi connectivity index (χ1n) is 7.96. The number of hydrogen-bond donors (Lipinski definition) is 1. The Kier molecular flexibility index (Phi) is 4.47. The Labute approximate surface area is 134 Å². The molecule has 1 aliphatic heterocycles. The lowest BCUT2D eigenvalue weighted by Gasteiger charge is -2.32. The topological polar surface area (TPSA) is 84.7 Å². The summed E-state index contributed by atoms with van der Waals surface area (Å²) in [4.78, 5) is 25.3. The molecule has 1 aliphatic carbocycles. The van der Waals surface area contributed by atoms with Crippen LogP contribution in [0.4, 0.5) is 5.69 Å². The molecule has 2 aliphatic rings. The molecule has 0 atom stereocenters. The number of hydrogen-bond acceptors (Lipinski definition) is 5. The summed E-state index contributed by atoms with van der Waals surface area (Å²) in [5.74, 6) is 0.0407. The molecule has 1 aromatic carbocycles. The van der Waals surface area contributed by atoms with Gasteiger partial charge in [-0.15, -0.1) is 0 Å². The Balaban J connectivity index is 1.65. The minimum absolute atomic E-state index is 0.112. The first-order valence-corrected chi connectivity index (χ1v) is 7.96. The van der Waals surface area contributed by atoms with Gasteiger partial charge in [0.15, 0.2) is 0 Å². The number of likely N-dealkylation sites (tertiary alicyclic amines) is 1. The highest BCUT2D eigenvalue weighted by molar-refractivity contribution is 5.97. The number of rotatable bonds is 5. The van der Waals surface area contributed by atoms with Gasteiger partial charge in [0.1, 0.15) is 5.75 Å². The fourth-order valence-electron chi connectivity index (χ4n) is 3.10. The maximum atomic E-state index is 12.5. The Morgan fingerprint density at radius 3 is 2.57 bits per heavy atom. The molecule has 0 bridgehead atoms. The van der Waals surface area contributed by atoms with Crippen LogP contribution in [0.1, 0.15) is 36.0 Å². The van der Waals surface area contributed by atoms with E-state index in [9.17, 15) is 14.9 Å². The molecule has 1 heterocycles. The Morgan fingerprint density at radius 2 is 2.00 bits per heavy atom. The largest absolute Gasteiger partial charge is 0.496 e. The number of benzene rings is 1. The zero-order chi connectivity index (χ0) is 16.4. The van der Waals surface area contributed by atoms with E-state index >= 15 is 0 Å². The van der Waals surface area contributed by atoms with Crippen LogP contribution in [0.25, 0.3) is 0 Å². The number of nitrogens with zero attached hydrogens (tertiary/aromatic N) is 2. The minimum Gasteiger partial charge on any atom is -0.496 e. The van der Waals surface area contributed by atoms with E-state index in [0.717, 1.165) is 32.0 Å². The Morgan fingerprint density at radius 1 is 1.30 bits per heavy atom. The van der Waals surface area contributed by atoms with Crippen molar-refractivity contribution in [1.82, 2.24) is 10.2 Å². The van der Waals surface area contributed by atoms with Gasteiger partial charge < -0.3 is 15.0 Å². The van der Waals surface area contributed by atoms with Gasteiger partial charge in [0, 0.05) is 37.3 Å². The molecule has 124 valence electrons. The number of ether oxygens (including phenoxy) is 1. The summed E-state index contributed by atoms with van der Waals surface area (Å²) in [6, 6.07) is 4.94. The Hall–Kier alpha value is -2.15. The van der Waals surface area contributed by atoms with Crippen molar-refractivity contribution >= 4 is 11.6 Å². The molecule has 1 saturated heterocycles. The van der Waals surface area contributed by atoms with E-state index in [-0.39, 0.29) is 23.2 Å². The molecular weight excluding hydrogens is 298 g/mol. The number of nitrogens with one attached hydrogen (secondary N) is 1. The summed E-state index contributed by atoms with van der Waals surface area (Å²) in [5.41, 5.74) is 0.103. The molecule has 1 N–H and O–H groups in total. The van der Waals surface area contributed by atoms with Gasteiger partial charge in [-0.1, -0.05) is 0 Å². The standard InChI is InChI=1S/C16H21N3O4/c1-23-15-5-4-13(19(21)22)10-14(15)16(20)17-11-6-8-18(9-7-11)12-2-3-12/h4-5,10-12H,2-3,6-9H2,1H3,(H,17,20). The minimum atomic E-state index is -0.510. The average molecular weight is 319 g/mol. The third-order valence-corrected chi connectivity index (χ3v) is 4.57. The summed E-state index contributed by atoms with van der Waals surface area (Å²) in [7, 11) is 1.45. The predicted octanol–water partition coefficient (Wildman–Crippen LogP) is 1.96. The second kappa shape index (κ2) is 6.54. The molecule has 0 unspecified atom stereocenters. The molecular formula is C16H21N3O4. The van der Waals surface area contributed by atoms with Crippen LogP contribution in [0.5, 0.6) is 5.75 Å². The van der Waals surface area contributed by atoms with Gasteiger partial charge in [-0.3, -0.25) is 14.9 Å². The molecule has 0 spiro atoms. The first-order chi connectivity index (χ1) is 11.1. The van der Waals surface area contributed by atoms with Gasteiger partial charge in [0.05, 0.1) is 17.6 Å². The summed E-state index contributed by atoms with van der Waals surface area (Å²) >= 11 is 0. The van der Waals surface area contributed by atoms with E-state index in [4.69, 9.17) is 4.74 Å². The highest BCUT2D eigenvalue weighted by atomic mass is 16.6. The van der Waals surface area contributed by atoms with E-state index in [0.29, 0.717) is 5.75 Å². The maximum Gasteiger partial charge on any atom is 0.270 e. The van der Waals surface area contributed by atoms with Crippen LogP contribution in [0.3, 0.4) is 0 Å². The summed E-state index contributed by atoms with van der Waals surface area (Å²) in [6.45, 7) is 2.00. The van der Waals surface area contributed by atoms with Gasteiger partial charge in [0.2, 0.25) is 0 Å². The maximum absolute atomic E-state index is 12.5. The normalized spacial score (nSPS) is 19.3. The van der Waals surface area contributed by atoms with Crippen molar-refractivity contribution in [2.24, 2.45) is 0 Å². The second-order valence-electron chi connectivity index (χ2n) is 6.16. The van der Waals surface area contributed by atoms with Gasteiger partial charge in [-0.25, -0.2) is 0 Å². The molecule has 1 saturated carbocycles. The summed E-state index contributed by atoms with van der Waals surface area (Å²) in [5, 5.41) is 13.9. The molecule has 23 heavy (non-hydrogen) atoms. The number of carbonyl (C=O) groups is 1. The molecule has 0 radical (unpaired) electrons. The molecule has 7 heteroatoms. The molecule has 1 amide bonds. The monoisotopic (exact) mass is 319 g/mol. The van der Waals surface area contributed by atoms with Crippen LogP contribution >= 0.6 is 0 Å². The van der Waals surface area contributed by atoms with E-state index < -0.39 is 4.92 Å². The first kappa shape index (κ1) is 15.7. The highest BCUT2D eigenvalue weighted by Crippen LogP contribution is 2.29. The Bertz CT molecular complexity index is 607. The second-order valence-corrected chi connectivity index (χ2v) is 6.16. The number of piperidine rings is 1. The third-order valence-electron chi connectivity index (χ3n) is 4.57. The number of non-ortho nitro benzene ring substituents is 1. The number of amides is 1. The number of carbonyl (C=O) groups excluding carboxylic acids is 1. The zero-order valence-electron chi connectivity index (χ0n) is 13.2. The fraction of sp³-hybridized carbons (Fsp3) is 0.562. The van der Waals surface area contributed by atoms with Crippen LogP contribution in [-0.2, 0) is 0 Å². The summed E-state index contributed by atoms with van der Waals surface area (Å²) < 4.78 is 5.16. The molecule has 7 nitrogen and oxygen atoms in total. The van der Waals surface area contributed by atoms with Gasteiger partial charge in [0.25, 0.3) is 11.6 Å². The molecule has 1 aromatic rings. The predicted molar refractivity (Wildman–Crippen MR) is 84.7 cm³/mol. The van der Waals surface area contributed by atoms with Crippen molar-refractivity contribution in [3.63, 3.8) is 0 Å². The zero-order valence-corrected chi connectivity index (χ0v) is 13.2. The van der Waals surface area contributed by atoms with Crippen LogP contribution in [0, 0.1) is 10.1 Å². The van der Waals surface area contributed by atoms with Crippen LogP contribution in [-0.4, -0.2) is 48.0 Å². The molecule has 3 rings (SSSR count). The number of nitro groups is 1. The quantitative estimate of drug-likeness (QED) is 0.662.